The van der Waals surface area contributed by atoms with E-state index in [-0.39, 0.29) is 0 Å². The number of ether oxygens (including phenoxy) is 1. The number of allylic oxidation sites excluding steroid dienone is 1. The Kier molecular flexibility index (Phi) is 4.76. The number of hydrogen-bond acceptors (Lipinski definition) is 4. The highest BCUT2D eigenvalue weighted by Crippen LogP contribution is 2.21. The Morgan fingerprint density at radius 2 is 2.12 bits per heavy atom. The summed E-state index contributed by atoms with van der Waals surface area (Å²) in [7, 11) is 1.84. The van der Waals surface area contributed by atoms with E-state index >= 15 is 0 Å². The molecule has 1 heterocycles. The predicted molar refractivity (Wildman–Crippen MR) is 66.0 cm³/mol. The minimum absolute atomic E-state index is 0.659. The second kappa shape index (κ2) is 6.10. The van der Waals surface area contributed by atoms with Crippen LogP contribution in [-0.4, -0.2) is 23.6 Å². The third-order valence-electron chi connectivity index (χ3n) is 2.24. The van der Waals surface area contributed by atoms with Crippen molar-refractivity contribution in [3.8, 4) is 5.88 Å². The molecule has 4 heteroatoms. The van der Waals surface area contributed by atoms with Gasteiger partial charge in [0.1, 0.15) is 11.6 Å². The van der Waals surface area contributed by atoms with Crippen molar-refractivity contribution in [2.24, 2.45) is 0 Å². The lowest BCUT2D eigenvalue weighted by atomic mass is 10.3. The number of nitrogens with zero attached hydrogens (tertiary/aromatic N) is 2. The highest BCUT2D eigenvalue weighted by Gasteiger charge is 2.08. The second-order valence-electron chi connectivity index (χ2n) is 3.58. The van der Waals surface area contributed by atoms with Gasteiger partial charge >= 0.3 is 0 Å². The van der Waals surface area contributed by atoms with Gasteiger partial charge in [-0.3, -0.25) is 0 Å². The van der Waals surface area contributed by atoms with Gasteiger partial charge in [0.2, 0.25) is 5.88 Å². The number of aromatic nitrogens is 2. The van der Waals surface area contributed by atoms with E-state index in [0.717, 1.165) is 24.2 Å². The molecular weight excluding hydrogens is 202 g/mol. The minimum atomic E-state index is 0.659. The van der Waals surface area contributed by atoms with Gasteiger partial charge in [-0.15, -0.1) is 6.58 Å². The summed E-state index contributed by atoms with van der Waals surface area (Å²) in [6.07, 6.45) is 3.81. The molecule has 0 unspecified atom stereocenters. The zero-order valence-corrected chi connectivity index (χ0v) is 10.2. The maximum absolute atomic E-state index is 5.62. The van der Waals surface area contributed by atoms with Crippen LogP contribution in [0.5, 0.6) is 5.88 Å². The quantitative estimate of drug-likeness (QED) is 0.592. The van der Waals surface area contributed by atoms with Gasteiger partial charge in [-0.25, -0.2) is 4.98 Å². The molecule has 0 bridgehead atoms. The van der Waals surface area contributed by atoms with E-state index in [0.29, 0.717) is 18.3 Å². The molecule has 0 atom stereocenters. The molecule has 1 rings (SSSR count). The Balaban J connectivity index is 2.71. The predicted octanol–water partition coefficient (Wildman–Crippen LogP) is 2.48. The topological polar surface area (TPSA) is 47.0 Å². The average Bonchev–Trinajstić information content (AvgIpc) is 2.28. The van der Waals surface area contributed by atoms with Crippen molar-refractivity contribution in [1.82, 2.24) is 9.97 Å². The summed E-state index contributed by atoms with van der Waals surface area (Å²) in [6, 6.07) is 0. The van der Waals surface area contributed by atoms with E-state index in [2.05, 4.69) is 21.9 Å². The molecule has 0 spiro atoms. The van der Waals surface area contributed by atoms with Gasteiger partial charge in [0, 0.05) is 7.05 Å². The molecule has 1 N–H and O–H groups in total. The number of nitrogens with one attached hydrogen (secondary N) is 1. The van der Waals surface area contributed by atoms with Crippen LogP contribution in [0.3, 0.4) is 0 Å². The fourth-order valence-corrected chi connectivity index (χ4v) is 1.38. The lowest BCUT2D eigenvalue weighted by molar-refractivity contribution is 0.297. The van der Waals surface area contributed by atoms with Crippen molar-refractivity contribution in [3.63, 3.8) is 0 Å². The fraction of sp³-hybridized carbons (Fsp3) is 0.500. The normalized spacial score (nSPS) is 9.94. The smallest absolute Gasteiger partial charge is 0.221 e. The molecule has 0 saturated heterocycles. The van der Waals surface area contributed by atoms with Crippen LogP contribution in [0.2, 0.25) is 0 Å². The van der Waals surface area contributed by atoms with Crippen LogP contribution in [0, 0.1) is 13.8 Å². The number of unbranched alkanes of at least 4 members (excludes halogenated alkanes) is 1. The minimum Gasteiger partial charge on any atom is -0.477 e. The summed E-state index contributed by atoms with van der Waals surface area (Å²) in [5.74, 6) is 2.21. The Labute approximate surface area is 96.8 Å². The molecule has 0 amide bonds. The van der Waals surface area contributed by atoms with E-state index in [1.807, 2.05) is 27.0 Å². The van der Waals surface area contributed by atoms with Crippen LogP contribution in [0.25, 0.3) is 0 Å². The van der Waals surface area contributed by atoms with Crippen LogP contribution in [0.1, 0.15) is 24.2 Å². The van der Waals surface area contributed by atoms with Crippen molar-refractivity contribution in [3.05, 3.63) is 24.0 Å². The van der Waals surface area contributed by atoms with E-state index < -0.39 is 0 Å². The molecule has 0 radical (unpaired) electrons. The zero-order valence-electron chi connectivity index (χ0n) is 10.2. The Bertz CT molecular complexity index is 364. The van der Waals surface area contributed by atoms with Crippen molar-refractivity contribution in [2.45, 2.75) is 26.7 Å². The number of anilines is 1. The Morgan fingerprint density at radius 1 is 1.38 bits per heavy atom. The first kappa shape index (κ1) is 12.5. The number of hydrogen-bond donors (Lipinski definition) is 1. The maximum Gasteiger partial charge on any atom is 0.221 e. The molecule has 16 heavy (non-hydrogen) atoms. The fourth-order valence-electron chi connectivity index (χ4n) is 1.38. The molecule has 0 saturated carbocycles. The third-order valence-corrected chi connectivity index (χ3v) is 2.24. The van der Waals surface area contributed by atoms with Gasteiger partial charge in [0.05, 0.1) is 12.2 Å². The average molecular weight is 221 g/mol. The standard InChI is InChI=1S/C12H19N3O/c1-5-6-7-8-16-12-9(2)11(13-4)14-10(3)15-12/h5H,1,6-8H2,2-4H3,(H,13,14,15). The van der Waals surface area contributed by atoms with Gasteiger partial charge in [0.15, 0.2) is 0 Å². The van der Waals surface area contributed by atoms with E-state index in [1.165, 1.54) is 0 Å². The molecule has 1 aromatic heterocycles. The monoisotopic (exact) mass is 221 g/mol. The third kappa shape index (κ3) is 3.22. The van der Waals surface area contributed by atoms with E-state index in [1.54, 1.807) is 0 Å². The highest BCUT2D eigenvalue weighted by molar-refractivity contribution is 5.47. The maximum atomic E-state index is 5.62. The largest absolute Gasteiger partial charge is 0.477 e. The van der Waals surface area contributed by atoms with Crippen molar-refractivity contribution in [2.75, 3.05) is 19.0 Å². The first-order valence-corrected chi connectivity index (χ1v) is 5.45. The van der Waals surface area contributed by atoms with Crippen molar-refractivity contribution < 1.29 is 4.74 Å². The van der Waals surface area contributed by atoms with E-state index in [4.69, 9.17) is 4.74 Å². The van der Waals surface area contributed by atoms with Gasteiger partial charge in [-0.2, -0.15) is 4.98 Å². The molecule has 0 fully saturated rings. The summed E-state index contributed by atoms with van der Waals surface area (Å²) in [5, 5.41) is 3.03. The summed E-state index contributed by atoms with van der Waals surface area (Å²) in [4.78, 5) is 8.56. The van der Waals surface area contributed by atoms with Crippen LogP contribution in [-0.2, 0) is 0 Å². The van der Waals surface area contributed by atoms with Crippen molar-refractivity contribution in [1.29, 1.82) is 0 Å². The second-order valence-corrected chi connectivity index (χ2v) is 3.58. The first-order chi connectivity index (χ1) is 7.69. The molecule has 0 aromatic carbocycles. The molecule has 4 nitrogen and oxygen atoms in total. The van der Waals surface area contributed by atoms with E-state index in [9.17, 15) is 0 Å². The van der Waals surface area contributed by atoms with Gasteiger partial charge in [-0.1, -0.05) is 6.08 Å². The number of rotatable bonds is 6. The van der Waals surface area contributed by atoms with Crippen LogP contribution < -0.4 is 10.1 Å². The zero-order chi connectivity index (χ0) is 12.0. The van der Waals surface area contributed by atoms with Crippen molar-refractivity contribution >= 4 is 5.82 Å². The van der Waals surface area contributed by atoms with Gasteiger partial charge < -0.3 is 10.1 Å². The summed E-state index contributed by atoms with van der Waals surface area (Å²) < 4.78 is 5.62. The first-order valence-electron chi connectivity index (χ1n) is 5.45. The summed E-state index contributed by atoms with van der Waals surface area (Å²) in [6.45, 7) is 8.14. The van der Waals surface area contributed by atoms with Crippen LogP contribution >= 0.6 is 0 Å². The Morgan fingerprint density at radius 3 is 2.75 bits per heavy atom. The Hall–Kier alpha value is -1.58. The lowest BCUT2D eigenvalue weighted by Gasteiger charge is -2.11. The summed E-state index contributed by atoms with van der Waals surface area (Å²) >= 11 is 0. The molecule has 88 valence electrons. The SMILES string of the molecule is C=CCCCOc1nc(C)nc(NC)c1C. The highest BCUT2D eigenvalue weighted by atomic mass is 16.5. The molecule has 0 aliphatic heterocycles. The van der Waals surface area contributed by atoms with Crippen LogP contribution in [0.15, 0.2) is 12.7 Å². The molecule has 1 aromatic rings. The molecule has 0 aliphatic rings. The lowest BCUT2D eigenvalue weighted by Crippen LogP contribution is -2.06. The van der Waals surface area contributed by atoms with Gasteiger partial charge in [-0.05, 0) is 26.7 Å². The molecular formula is C12H19N3O. The number of aryl methyl sites for hydroxylation is 1. The van der Waals surface area contributed by atoms with Crippen LogP contribution in [0.4, 0.5) is 5.82 Å². The van der Waals surface area contributed by atoms with Gasteiger partial charge in [0.25, 0.3) is 0 Å². The molecule has 0 aliphatic carbocycles. The summed E-state index contributed by atoms with van der Waals surface area (Å²) in [5.41, 5.74) is 0.951.